The van der Waals surface area contributed by atoms with Crippen LogP contribution < -0.4 is 5.32 Å². The third kappa shape index (κ3) is 5.70. The molecule has 2 unspecified atom stereocenters. The molecule has 0 heterocycles. The molecule has 0 aromatic heterocycles. The first kappa shape index (κ1) is 14.5. The van der Waals surface area contributed by atoms with E-state index >= 15 is 0 Å². The average molecular weight is 265 g/mol. The second-order valence-corrected chi connectivity index (χ2v) is 5.22. The van der Waals surface area contributed by atoms with Gasteiger partial charge in [0.25, 0.3) is 0 Å². The van der Waals surface area contributed by atoms with E-state index in [2.05, 4.69) is 5.32 Å². The predicted molar refractivity (Wildman–Crippen MR) is 73.8 cm³/mol. The highest BCUT2D eigenvalue weighted by Gasteiger charge is 2.21. The molecule has 1 saturated carbocycles. The smallest absolute Gasteiger partial charge is 0.0914 e. The molecule has 19 heavy (non-hydrogen) atoms. The Morgan fingerprint density at radius 2 is 1.89 bits per heavy atom. The number of aliphatic hydroxyl groups is 2. The van der Waals surface area contributed by atoms with Crippen molar-refractivity contribution in [2.75, 3.05) is 26.3 Å². The molecule has 1 aromatic rings. The molecule has 1 aliphatic carbocycles. The lowest BCUT2D eigenvalue weighted by Crippen LogP contribution is -2.33. The minimum Gasteiger partial charge on any atom is -0.389 e. The highest BCUT2D eigenvalue weighted by Crippen LogP contribution is 2.28. The van der Waals surface area contributed by atoms with Gasteiger partial charge in [0.2, 0.25) is 0 Å². The summed E-state index contributed by atoms with van der Waals surface area (Å²) < 4.78 is 5.41. The van der Waals surface area contributed by atoms with Crippen LogP contribution >= 0.6 is 0 Å². The number of aliphatic hydroxyl groups excluding tert-OH is 2. The zero-order chi connectivity index (χ0) is 13.5. The van der Waals surface area contributed by atoms with E-state index in [9.17, 15) is 10.2 Å². The molecule has 0 spiro atoms. The van der Waals surface area contributed by atoms with E-state index in [1.54, 1.807) is 0 Å². The lowest BCUT2D eigenvalue weighted by Gasteiger charge is -2.15. The van der Waals surface area contributed by atoms with Gasteiger partial charge in [0, 0.05) is 19.7 Å². The SMILES string of the molecule is OC(CNCC(O)c1ccccc1)COCC1CC1. The van der Waals surface area contributed by atoms with Crippen LogP contribution in [0.25, 0.3) is 0 Å². The number of rotatable bonds is 9. The molecule has 106 valence electrons. The summed E-state index contributed by atoms with van der Waals surface area (Å²) in [5, 5.41) is 22.7. The van der Waals surface area contributed by atoms with Gasteiger partial charge in [-0.15, -0.1) is 0 Å². The fraction of sp³-hybridized carbons (Fsp3) is 0.600. The van der Waals surface area contributed by atoms with Gasteiger partial charge in [0.15, 0.2) is 0 Å². The van der Waals surface area contributed by atoms with Gasteiger partial charge in [-0.05, 0) is 24.3 Å². The van der Waals surface area contributed by atoms with Crippen LogP contribution in [0.4, 0.5) is 0 Å². The molecule has 0 saturated heterocycles. The number of ether oxygens (including phenoxy) is 1. The Morgan fingerprint density at radius 3 is 2.58 bits per heavy atom. The average Bonchev–Trinajstić information content (AvgIpc) is 3.24. The highest BCUT2D eigenvalue weighted by atomic mass is 16.5. The van der Waals surface area contributed by atoms with Gasteiger partial charge in [-0.3, -0.25) is 0 Å². The quantitative estimate of drug-likeness (QED) is 0.625. The van der Waals surface area contributed by atoms with E-state index < -0.39 is 12.2 Å². The molecule has 2 atom stereocenters. The monoisotopic (exact) mass is 265 g/mol. The maximum atomic E-state index is 9.92. The zero-order valence-corrected chi connectivity index (χ0v) is 11.2. The van der Waals surface area contributed by atoms with Crippen molar-refractivity contribution >= 4 is 0 Å². The molecular formula is C15H23NO3. The lowest BCUT2D eigenvalue weighted by atomic mass is 10.1. The van der Waals surface area contributed by atoms with Gasteiger partial charge in [-0.1, -0.05) is 30.3 Å². The third-order valence-electron chi connectivity index (χ3n) is 3.26. The van der Waals surface area contributed by atoms with E-state index in [-0.39, 0.29) is 0 Å². The minimum atomic E-state index is -0.541. The van der Waals surface area contributed by atoms with Gasteiger partial charge in [0.1, 0.15) is 0 Å². The summed E-state index contributed by atoms with van der Waals surface area (Å²) in [6, 6.07) is 9.51. The van der Waals surface area contributed by atoms with Crippen molar-refractivity contribution in [3.63, 3.8) is 0 Å². The van der Waals surface area contributed by atoms with Crippen molar-refractivity contribution in [2.45, 2.75) is 25.0 Å². The van der Waals surface area contributed by atoms with E-state index in [0.29, 0.717) is 19.7 Å². The van der Waals surface area contributed by atoms with Crippen LogP contribution in [0.15, 0.2) is 30.3 Å². The Balaban J connectivity index is 1.54. The summed E-state index contributed by atoms with van der Waals surface area (Å²) >= 11 is 0. The number of benzene rings is 1. The summed E-state index contributed by atoms with van der Waals surface area (Å²) in [5.74, 6) is 0.722. The molecule has 2 rings (SSSR count). The summed E-state index contributed by atoms with van der Waals surface area (Å²) in [6.07, 6.45) is 1.47. The van der Waals surface area contributed by atoms with Crippen LogP contribution in [0, 0.1) is 5.92 Å². The Bertz CT molecular complexity index is 354. The van der Waals surface area contributed by atoms with Crippen molar-refractivity contribution in [1.29, 1.82) is 0 Å². The van der Waals surface area contributed by atoms with Crippen molar-refractivity contribution in [3.05, 3.63) is 35.9 Å². The zero-order valence-electron chi connectivity index (χ0n) is 11.2. The van der Waals surface area contributed by atoms with Gasteiger partial charge >= 0.3 is 0 Å². The fourth-order valence-corrected chi connectivity index (χ4v) is 1.89. The molecule has 0 bridgehead atoms. The van der Waals surface area contributed by atoms with E-state index in [1.165, 1.54) is 12.8 Å². The van der Waals surface area contributed by atoms with Crippen molar-refractivity contribution in [3.8, 4) is 0 Å². The van der Waals surface area contributed by atoms with Gasteiger partial charge in [-0.25, -0.2) is 0 Å². The standard InChI is InChI=1S/C15H23NO3/c17-14(11-19-10-12-6-7-12)8-16-9-15(18)13-4-2-1-3-5-13/h1-5,12,14-18H,6-11H2. The fourth-order valence-electron chi connectivity index (χ4n) is 1.89. The van der Waals surface area contributed by atoms with E-state index in [4.69, 9.17) is 4.74 Å². The van der Waals surface area contributed by atoms with Crippen molar-refractivity contribution < 1.29 is 14.9 Å². The maximum absolute atomic E-state index is 9.92. The van der Waals surface area contributed by atoms with Crippen molar-refractivity contribution in [1.82, 2.24) is 5.32 Å². The second-order valence-electron chi connectivity index (χ2n) is 5.22. The third-order valence-corrected chi connectivity index (χ3v) is 3.26. The first-order valence-corrected chi connectivity index (χ1v) is 6.95. The molecule has 4 nitrogen and oxygen atoms in total. The molecule has 3 N–H and O–H groups in total. The van der Waals surface area contributed by atoms with Gasteiger partial charge < -0.3 is 20.3 Å². The Hall–Kier alpha value is -0.940. The number of nitrogens with one attached hydrogen (secondary N) is 1. The van der Waals surface area contributed by atoms with Gasteiger partial charge in [0.05, 0.1) is 18.8 Å². The van der Waals surface area contributed by atoms with E-state index in [0.717, 1.165) is 18.1 Å². The molecule has 1 aromatic carbocycles. The largest absolute Gasteiger partial charge is 0.389 e. The summed E-state index contributed by atoms with van der Waals surface area (Å²) in [5.41, 5.74) is 0.884. The predicted octanol–water partition coefficient (Wildman–Crippen LogP) is 1.10. The topological polar surface area (TPSA) is 61.7 Å². The van der Waals surface area contributed by atoms with Gasteiger partial charge in [-0.2, -0.15) is 0 Å². The Morgan fingerprint density at radius 1 is 1.16 bits per heavy atom. The Kier molecular flexibility index (Phi) is 5.79. The van der Waals surface area contributed by atoms with Crippen LogP contribution in [-0.2, 0) is 4.74 Å². The van der Waals surface area contributed by atoms with E-state index in [1.807, 2.05) is 30.3 Å². The number of hydrogen-bond acceptors (Lipinski definition) is 4. The summed E-state index contributed by atoms with van der Waals surface area (Å²) in [7, 11) is 0. The molecule has 4 heteroatoms. The van der Waals surface area contributed by atoms with Crippen LogP contribution in [0.2, 0.25) is 0 Å². The minimum absolute atomic E-state index is 0.366. The first-order valence-electron chi connectivity index (χ1n) is 6.95. The summed E-state index contributed by atoms with van der Waals surface area (Å²) in [6.45, 7) is 2.01. The van der Waals surface area contributed by atoms with Crippen LogP contribution in [0.1, 0.15) is 24.5 Å². The van der Waals surface area contributed by atoms with Crippen molar-refractivity contribution in [2.24, 2.45) is 5.92 Å². The molecule has 1 fully saturated rings. The van der Waals surface area contributed by atoms with Crippen LogP contribution in [0.5, 0.6) is 0 Å². The molecule has 0 aliphatic heterocycles. The molecule has 0 amide bonds. The molecule has 1 aliphatic rings. The maximum Gasteiger partial charge on any atom is 0.0914 e. The molecule has 0 radical (unpaired) electrons. The first-order chi connectivity index (χ1) is 9.25. The molecular weight excluding hydrogens is 242 g/mol. The normalized spacial score (nSPS) is 18.2. The summed E-state index contributed by atoms with van der Waals surface area (Å²) in [4.78, 5) is 0. The number of hydrogen-bond donors (Lipinski definition) is 3. The highest BCUT2D eigenvalue weighted by molar-refractivity contribution is 5.17. The second kappa shape index (κ2) is 7.60. The van der Waals surface area contributed by atoms with Crippen LogP contribution in [0.3, 0.4) is 0 Å². The lowest BCUT2D eigenvalue weighted by molar-refractivity contribution is 0.0309. The van der Waals surface area contributed by atoms with Crippen LogP contribution in [-0.4, -0.2) is 42.6 Å². The Labute approximate surface area is 114 Å².